The number of aromatic carboxylic acids is 1. The predicted octanol–water partition coefficient (Wildman–Crippen LogP) is 1.94. The predicted molar refractivity (Wildman–Crippen MR) is 56.9 cm³/mol. The SMILES string of the molecule is CC(C)(C)n1cc(C(=O)O)c(I)n1. The van der Waals surface area contributed by atoms with Gasteiger partial charge in [-0.2, -0.15) is 5.10 Å². The second kappa shape index (κ2) is 3.28. The lowest BCUT2D eigenvalue weighted by molar-refractivity contribution is 0.0695. The number of nitrogens with zero attached hydrogens (tertiary/aromatic N) is 2. The van der Waals surface area contributed by atoms with Crippen molar-refractivity contribution in [3.8, 4) is 0 Å². The monoisotopic (exact) mass is 294 g/mol. The van der Waals surface area contributed by atoms with Gasteiger partial charge in [-0.25, -0.2) is 4.79 Å². The fourth-order valence-corrected chi connectivity index (χ4v) is 1.44. The Labute approximate surface area is 90.1 Å². The fourth-order valence-electron chi connectivity index (χ4n) is 0.840. The summed E-state index contributed by atoms with van der Waals surface area (Å²) < 4.78 is 2.19. The van der Waals surface area contributed by atoms with Crippen molar-refractivity contribution in [3.63, 3.8) is 0 Å². The summed E-state index contributed by atoms with van der Waals surface area (Å²) in [6.07, 6.45) is 1.56. The van der Waals surface area contributed by atoms with Crippen LogP contribution in [0, 0.1) is 3.70 Å². The number of carboxylic acids is 1. The number of carboxylic acid groups (broad SMARTS) is 1. The molecule has 5 heteroatoms. The first-order chi connectivity index (χ1) is 5.82. The van der Waals surface area contributed by atoms with Crippen LogP contribution in [0.15, 0.2) is 6.20 Å². The highest BCUT2D eigenvalue weighted by Gasteiger charge is 2.19. The van der Waals surface area contributed by atoms with Crippen molar-refractivity contribution in [2.45, 2.75) is 26.3 Å². The van der Waals surface area contributed by atoms with Gasteiger partial charge in [-0.3, -0.25) is 4.68 Å². The van der Waals surface area contributed by atoms with Gasteiger partial charge in [-0.15, -0.1) is 0 Å². The number of halogens is 1. The molecule has 13 heavy (non-hydrogen) atoms. The second-order valence-corrected chi connectivity index (χ2v) is 4.78. The molecule has 0 saturated heterocycles. The quantitative estimate of drug-likeness (QED) is 0.805. The summed E-state index contributed by atoms with van der Waals surface area (Å²) >= 11 is 1.92. The number of hydrogen-bond acceptors (Lipinski definition) is 2. The second-order valence-electron chi connectivity index (χ2n) is 3.75. The minimum atomic E-state index is -0.931. The van der Waals surface area contributed by atoms with Gasteiger partial charge in [0.15, 0.2) is 0 Å². The topological polar surface area (TPSA) is 55.1 Å². The van der Waals surface area contributed by atoms with Crippen molar-refractivity contribution in [1.82, 2.24) is 9.78 Å². The van der Waals surface area contributed by atoms with Gasteiger partial charge in [0, 0.05) is 6.20 Å². The summed E-state index contributed by atoms with van der Waals surface area (Å²) in [5.41, 5.74) is 0.0868. The minimum absolute atomic E-state index is 0.173. The number of carbonyl (C=O) groups is 1. The molecule has 1 heterocycles. The first-order valence-electron chi connectivity index (χ1n) is 3.81. The minimum Gasteiger partial charge on any atom is -0.478 e. The van der Waals surface area contributed by atoms with Crippen molar-refractivity contribution < 1.29 is 9.90 Å². The molecule has 0 fully saturated rings. The molecule has 0 aliphatic heterocycles. The molecule has 4 nitrogen and oxygen atoms in total. The van der Waals surface area contributed by atoms with Crippen LogP contribution in [-0.2, 0) is 5.54 Å². The molecular formula is C8H11IN2O2. The zero-order valence-electron chi connectivity index (χ0n) is 7.71. The molecule has 1 N–H and O–H groups in total. The van der Waals surface area contributed by atoms with Gasteiger partial charge >= 0.3 is 5.97 Å². The largest absolute Gasteiger partial charge is 0.478 e. The lowest BCUT2D eigenvalue weighted by Crippen LogP contribution is -2.22. The van der Waals surface area contributed by atoms with Gasteiger partial charge in [0.05, 0.1) is 5.54 Å². The smallest absolute Gasteiger partial charge is 0.340 e. The molecule has 0 saturated carbocycles. The summed E-state index contributed by atoms with van der Waals surface area (Å²) in [6.45, 7) is 5.92. The molecule has 0 radical (unpaired) electrons. The third-order valence-electron chi connectivity index (χ3n) is 1.59. The van der Waals surface area contributed by atoms with Crippen LogP contribution in [0.25, 0.3) is 0 Å². The van der Waals surface area contributed by atoms with Gasteiger partial charge in [-0.1, -0.05) is 0 Å². The van der Waals surface area contributed by atoms with E-state index in [2.05, 4.69) is 5.10 Å². The third-order valence-corrected chi connectivity index (χ3v) is 2.38. The highest BCUT2D eigenvalue weighted by atomic mass is 127. The maximum absolute atomic E-state index is 10.7. The van der Waals surface area contributed by atoms with Crippen LogP contribution in [-0.4, -0.2) is 20.9 Å². The maximum Gasteiger partial charge on any atom is 0.340 e. The van der Waals surface area contributed by atoms with Crippen LogP contribution < -0.4 is 0 Å². The number of hydrogen-bond donors (Lipinski definition) is 1. The van der Waals surface area contributed by atoms with Gasteiger partial charge < -0.3 is 5.11 Å². The molecule has 0 atom stereocenters. The summed E-state index contributed by atoms with van der Waals surface area (Å²) in [7, 11) is 0. The molecule has 1 rings (SSSR count). The van der Waals surface area contributed by atoms with Gasteiger partial charge in [-0.05, 0) is 43.4 Å². The zero-order valence-corrected chi connectivity index (χ0v) is 9.86. The van der Waals surface area contributed by atoms with E-state index in [0.717, 1.165) is 0 Å². The Hall–Kier alpha value is -0.590. The van der Waals surface area contributed by atoms with Gasteiger partial charge in [0.25, 0.3) is 0 Å². The average Bonchev–Trinajstić information content (AvgIpc) is 2.29. The molecule has 0 bridgehead atoms. The Kier molecular flexibility index (Phi) is 2.65. The summed E-state index contributed by atoms with van der Waals surface area (Å²) in [6, 6.07) is 0. The number of aromatic nitrogens is 2. The average molecular weight is 294 g/mol. The molecular weight excluding hydrogens is 283 g/mol. The van der Waals surface area contributed by atoms with E-state index in [1.54, 1.807) is 10.9 Å². The lowest BCUT2D eigenvalue weighted by Gasteiger charge is -2.18. The van der Waals surface area contributed by atoms with Crippen LogP contribution in [0.5, 0.6) is 0 Å². The van der Waals surface area contributed by atoms with Crippen molar-refractivity contribution in [1.29, 1.82) is 0 Å². The highest BCUT2D eigenvalue weighted by molar-refractivity contribution is 14.1. The molecule has 0 aliphatic rings. The molecule has 0 unspecified atom stereocenters. The van der Waals surface area contributed by atoms with Crippen LogP contribution in [0.2, 0.25) is 0 Å². The lowest BCUT2D eigenvalue weighted by atomic mass is 10.1. The van der Waals surface area contributed by atoms with Crippen molar-refractivity contribution in [2.75, 3.05) is 0 Å². The van der Waals surface area contributed by atoms with E-state index >= 15 is 0 Å². The van der Waals surface area contributed by atoms with E-state index in [9.17, 15) is 4.79 Å². The molecule has 1 aromatic heterocycles. The van der Waals surface area contributed by atoms with Crippen LogP contribution in [0.1, 0.15) is 31.1 Å². The number of rotatable bonds is 1. The zero-order chi connectivity index (χ0) is 10.2. The van der Waals surface area contributed by atoms with Crippen molar-refractivity contribution in [2.24, 2.45) is 0 Å². The molecule has 1 aromatic rings. The van der Waals surface area contributed by atoms with E-state index in [1.807, 2.05) is 43.4 Å². The van der Waals surface area contributed by atoms with Crippen molar-refractivity contribution in [3.05, 3.63) is 15.5 Å². The van der Waals surface area contributed by atoms with E-state index in [1.165, 1.54) is 0 Å². The summed E-state index contributed by atoms with van der Waals surface area (Å²) in [5.74, 6) is -0.931. The summed E-state index contributed by atoms with van der Waals surface area (Å²) in [4.78, 5) is 10.7. The Bertz CT molecular complexity index is 338. The van der Waals surface area contributed by atoms with E-state index in [4.69, 9.17) is 5.11 Å². The van der Waals surface area contributed by atoms with E-state index in [0.29, 0.717) is 3.70 Å². The molecule has 0 aliphatic carbocycles. The standard InChI is InChI=1S/C8H11IN2O2/c1-8(2,3)11-4-5(7(12)13)6(9)10-11/h4H,1-3H3,(H,12,13). The van der Waals surface area contributed by atoms with E-state index < -0.39 is 5.97 Å². The van der Waals surface area contributed by atoms with E-state index in [-0.39, 0.29) is 11.1 Å². The first-order valence-corrected chi connectivity index (χ1v) is 4.89. The Morgan fingerprint density at radius 1 is 1.62 bits per heavy atom. The first kappa shape index (κ1) is 10.5. The maximum atomic E-state index is 10.7. The van der Waals surface area contributed by atoms with Crippen LogP contribution in [0.4, 0.5) is 0 Å². The molecule has 0 aromatic carbocycles. The molecule has 0 spiro atoms. The molecule has 0 amide bonds. The third kappa shape index (κ3) is 2.20. The summed E-state index contributed by atoms with van der Waals surface area (Å²) in [5, 5.41) is 12.9. The van der Waals surface area contributed by atoms with Gasteiger partial charge in [0.1, 0.15) is 9.26 Å². The molecule has 72 valence electrons. The van der Waals surface area contributed by atoms with Crippen LogP contribution >= 0.6 is 22.6 Å². The Morgan fingerprint density at radius 3 is 2.38 bits per heavy atom. The Balaban J connectivity index is 3.17. The normalized spacial score (nSPS) is 11.7. The van der Waals surface area contributed by atoms with Gasteiger partial charge in [0.2, 0.25) is 0 Å². The Morgan fingerprint density at radius 2 is 2.15 bits per heavy atom. The van der Waals surface area contributed by atoms with Crippen molar-refractivity contribution >= 4 is 28.6 Å². The fraction of sp³-hybridized carbons (Fsp3) is 0.500. The van der Waals surface area contributed by atoms with Crippen LogP contribution in [0.3, 0.4) is 0 Å². The highest BCUT2D eigenvalue weighted by Crippen LogP contribution is 2.17.